The standard InChI is InChI=1S/C23H31FN2O4S/c1-3-9-25(13-18(27)15-29-2)14-23(28)26-10-7-22-20(8-11-31-22)21(26)16-30-19-6-4-5-17(24)12-19/h4-6,8,11-12,18,21,27H,3,7,9-10,13-16H2,1-2H3/t18-,21-/m0/s1. The summed E-state index contributed by atoms with van der Waals surface area (Å²) < 4.78 is 24.4. The van der Waals surface area contributed by atoms with Gasteiger partial charge in [0.1, 0.15) is 18.2 Å². The van der Waals surface area contributed by atoms with Crippen molar-refractivity contribution in [1.82, 2.24) is 9.80 Å². The molecule has 2 aromatic rings. The van der Waals surface area contributed by atoms with Crippen molar-refractivity contribution in [3.05, 3.63) is 52.0 Å². The van der Waals surface area contributed by atoms with Crippen molar-refractivity contribution in [2.24, 2.45) is 0 Å². The Hall–Kier alpha value is -2.00. The van der Waals surface area contributed by atoms with E-state index in [0.717, 1.165) is 18.4 Å². The van der Waals surface area contributed by atoms with Crippen LogP contribution in [0.25, 0.3) is 0 Å². The number of thiophene rings is 1. The van der Waals surface area contributed by atoms with Gasteiger partial charge in [0.2, 0.25) is 5.91 Å². The fourth-order valence-electron chi connectivity index (χ4n) is 3.98. The van der Waals surface area contributed by atoms with Crippen LogP contribution in [0.15, 0.2) is 35.7 Å². The first-order valence-electron chi connectivity index (χ1n) is 10.6. The molecule has 0 fully saturated rings. The molecule has 0 radical (unpaired) electrons. The Morgan fingerprint density at radius 2 is 2.26 bits per heavy atom. The third-order valence-electron chi connectivity index (χ3n) is 5.35. The van der Waals surface area contributed by atoms with Gasteiger partial charge in [0, 0.05) is 31.1 Å². The van der Waals surface area contributed by atoms with Gasteiger partial charge >= 0.3 is 0 Å². The lowest BCUT2D eigenvalue weighted by Crippen LogP contribution is -2.48. The molecule has 0 spiro atoms. The Balaban J connectivity index is 1.71. The molecule has 1 aliphatic heterocycles. The van der Waals surface area contributed by atoms with Crippen molar-refractivity contribution in [3.63, 3.8) is 0 Å². The maximum atomic E-state index is 13.5. The molecule has 1 aromatic heterocycles. The van der Waals surface area contributed by atoms with Crippen molar-refractivity contribution in [2.45, 2.75) is 31.9 Å². The van der Waals surface area contributed by atoms with Crippen molar-refractivity contribution in [1.29, 1.82) is 0 Å². The Morgan fingerprint density at radius 1 is 1.42 bits per heavy atom. The van der Waals surface area contributed by atoms with Crippen molar-refractivity contribution in [3.8, 4) is 5.75 Å². The zero-order valence-electron chi connectivity index (χ0n) is 18.1. The molecule has 1 amide bonds. The van der Waals surface area contributed by atoms with E-state index in [2.05, 4.69) is 0 Å². The number of carbonyl (C=O) groups excluding carboxylic acids is 1. The molecule has 1 N–H and O–H groups in total. The molecule has 1 aromatic carbocycles. The number of halogens is 1. The lowest BCUT2D eigenvalue weighted by Gasteiger charge is -2.37. The SMILES string of the molecule is CCCN(CC(=O)N1CCc2sccc2[C@@H]1COc1cccc(F)c1)C[C@H](O)COC. The number of carbonyl (C=O) groups is 1. The second-order valence-electron chi connectivity index (χ2n) is 7.76. The monoisotopic (exact) mass is 450 g/mol. The molecule has 0 saturated heterocycles. The largest absolute Gasteiger partial charge is 0.491 e. The number of hydrogen-bond donors (Lipinski definition) is 1. The van der Waals surface area contributed by atoms with Crippen LogP contribution in [-0.4, -0.2) is 73.4 Å². The van der Waals surface area contributed by atoms with E-state index in [-0.39, 0.29) is 37.5 Å². The summed E-state index contributed by atoms with van der Waals surface area (Å²) in [5, 5.41) is 12.2. The summed E-state index contributed by atoms with van der Waals surface area (Å²) in [5.41, 5.74) is 1.10. The number of amides is 1. The van der Waals surface area contributed by atoms with Crippen LogP contribution in [-0.2, 0) is 16.0 Å². The average molecular weight is 451 g/mol. The molecule has 0 aliphatic carbocycles. The molecule has 31 heavy (non-hydrogen) atoms. The van der Waals surface area contributed by atoms with Crippen molar-refractivity contribution < 1.29 is 23.8 Å². The van der Waals surface area contributed by atoms with Crippen LogP contribution in [0.2, 0.25) is 0 Å². The summed E-state index contributed by atoms with van der Waals surface area (Å²) in [6, 6.07) is 7.87. The molecule has 3 rings (SSSR count). The van der Waals surface area contributed by atoms with Gasteiger partial charge in [-0.3, -0.25) is 9.69 Å². The summed E-state index contributed by atoms with van der Waals surface area (Å²) in [5.74, 6) is 0.0999. The Labute approximate surface area is 187 Å². The lowest BCUT2D eigenvalue weighted by molar-refractivity contribution is -0.136. The highest BCUT2D eigenvalue weighted by molar-refractivity contribution is 7.10. The summed E-state index contributed by atoms with van der Waals surface area (Å²) in [4.78, 5) is 18.4. The number of ether oxygens (including phenoxy) is 2. The van der Waals surface area contributed by atoms with Crippen LogP contribution in [0, 0.1) is 5.82 Å². The highest BCUT2D eigenvalue weighted by Crippen LogP contribution is 2.34. The average Bonchev–Trinajstić information content (AvgIpc) is 3.21. The molecule has 2 heterocycles. The van der Waals surface area contributed by atoms with Crippen LogP contribution in [0.1, 0.15) is 29.8 Å². The first kappa shape index (κ1) is 23.7. The molecule has 6 nitrogen and oxygen atoms in total. The third-order valence-corrected chi connectivity index (χ3v) is 6.34. The summed E-state index contributed by atoms with van der Waals surface area (Å²) in [6.45, 7) is 4.49. The Kier molecular flexibility index (Phi) is 8.83. The quantitative estimate of drug-likeness (QED) is 0.570. The number of nitrogens with zero attached hydrogens (tertiary/aromatic N) is 2. The van der Waals surface area contributed by atoms with Crippen molar-refractivity contribution >= 4 is 17.2 Å². The summed E-state index contributed by atoms with van der Waals surface area (Å²) >= 11 is 1.69. The minimum Gasteiger partial charge on any atom is -0.491 e. The van der Waals surface area contributed by atoms with Gasteiger partial charge in [-0.25, -0.2) is 4.39 Å². The van der Waals surface area contributed by atoms with Gasteiger partial charge < -0.3 is 19.5 Å². The van der Waals surface area contributed by atoms with Crippen LogP contribution >= 0.6 is 11.3 Å². The molecule has 2 atom stereocenters. The van der Waals surface area contributed by atoms with Gasteiger partial charge in [-0.1, -0.05) is 13.0 Å². The number of benzene rings is 1. The molecule has 170 valence electrons. The minimum atomic E-state index is -0.638. The third kappa shape index (κ3) is 6.49. The summed E-state index contributed by atoms with van der Waals surface area (Å²) in [7, 11) is 1.55. The number of hydrogen-bond acceptors (Lipinski definition) is 6. The smallest absolute Gasteiger partial charge is 0.237 e. The van der Waals surface area contributed by atoms with E-state index in [1.54, 1.807) is 30.6 Å². The second-order valence-corrected chi connectivity index (χ2v) is 8.77. The van der Waals surface area contributed by atoms with Crippen LogP contribution in [0.3, 0.4) is 0 Å². The Morgan fingerprint density at radius 3 is 3.00 bits per heavy atom. The van der Waals surface area contributed by atoms with E-state index in [1.807, 2.05) is 28.2 Å². The fraction of sp³-hybridized carbons (Fsp3) is 0.522. The van der Waals surface area contributed by atoms with Crippen LogP contribution in [0.5, 0.6) is 5.75 Å². The maximum absolute atomic E-state index is 13.5. The molecule has 0 unspecified atom stereocenters. The molecular formula is C23H31FN2O4S. The number of aliphatic hydroxyl groups is 1. The molecule has 0 saturated carbocycles. The van der Waals surface area contributed by atoms with Gasteiger partial charge in [-0.2, -0.15) is 0 Å². The second kappa shape index (κ2) is 11.6. The maximum Gasteiger partial charge on any atom is 0.237 e. The Bertz CT molecular complexity index is 846. The number of aliphatic hydroxyl groups excluding tert-OH is 1. The van der Waals surface area contributed by atoms with Gasteiger partial charge in [-0.15, -0.1) is 11.3 Å². The van der Waals surface area contributed by atoms with E-state index >= 15 is 0 Å². The number of rotatable bonds is 11. The van der Waals surface area contributed by atoms with E-state index in [4.69, 9.17) is 9.47 Å². The number of fused-ring (bicyclic) bond motifs is 1. The minimum absolute atomic E-state index is 0.00255. The van der Waals surface area contributed by atoms with Gasteiger partial charge in [0.15, 0.2) is 0 Å². The summed E-state index contributed by atoms with van der Waals surface area (Å²) in [6.07, 6.45) is 1.06. The van der Waals surface area contributed by atoms with E-state index in [9.17, 15) is 14.3 Å². The molecule has 0 bridgehead atoms. The van der Waals surface area contributed by atoms with Gasteiger partial charge in [0.25, 0.3) is 0 Å². The molecule has 1 aliphatic rings. The van der Waals surface area contributed by atoms with E-state index in [0.29, 0.717) is 25.4 Å². The van der Waals surface area contributed by atoms with E-state index in [1.165, 1.54) is 17.0 Å². The lowest BCUT2D eigenvalue weighted by atomic mass is 10.0. The fourth-order valence-corrected chi connectivity index (χ4v) is 4.91. The first-order valence-corrected chi connectivity index (χ1v) is 11.5. The molecular weight excluding hydrogens is 419 g/mol. The normalized spacial score (nSPS) is 16.9. The van der Waals surface area contributed by atoms with Gasteiger partial charge in [0.05, 0.1) is 25.3 Å². The highest BCUT2D eigenvalue weighted by Gasteiger charge is 2.33. The van der Waals surface area contributed by atoms with Crippen molar-refractivity contribution in [2.75, 3.05) is 46.5 Å². The zero-order valence-corrected chi connectivity index (χ0v) is 18.9. The molecule has 8 heteroatoms. The zero-order chi connectivity index (χ0) is 22.2. The predicted octanol–water partition coefficient (Wildman–Crippen LogP) is 3.11. The first-order chi connectivity index (χ1) is 15.0. The number of methoxy groups -OCH3 is 1. The predicted molar refractivity (Wildman–Crippen MR) is 119 cm³/mol. The highest BCUT2D eigenvalue weighted by atomic mass is 32.1. The van der Waals surface area contributed by atoms with Crippen LogP contribution in [0.4, 0.5) is 4.39 Å². The van der Waals surface area contributed by atoms with Crippen LogP contribution < -0.4 is 4.74 Å². The van der Waals surface area contributed by atoms with Gasteiger partial charge in [-0.05, 0) is 48.5 Å². The topological polar surface area (TPSA) is 62.2 Å². The van der Waals surface area contributed by atoms with E-state index < -0.39 is 6.10 Å².